The average molecular weight is 333 g/mol. The largest absolute Gasteiger partial charge is 0.504 e. The molecule has 126 valence electrons. The molecule has 0 saturated carbocycles. The van der Waals surface area contributed by atoms with E-state index in [-0.39, 0.29) is 11.5 Å². The van der Waals surface area contributed by atoms with Crippen LogP contribution in [0.15, 0.2) is 42.0 Å². The Balaban J connectivity index is 1.75. The van der Waals surface area contributed by atoms with E-state index in [1.807, 2.05) is 13.0 Å². The van der Waals surface area contributed by atoms with Crippen molar-refractivity contribution in [2.24, 2.45) is 0 Å². The van der Waals surface area contributed by atoms with E-state index >= 15 is 0 Å². The Kier molecular flexibility index (Phi) is 3.61. The molecule has 1 heterocycles. The first-order valence-electron chi connectivity index (χ1n) is 8.30. The van der Waals surface area contributed by atoms with Crippen LogP contribution in [0.3, 0.4) is 0 Å². The molecule has 4 rings (SSSR count). The molecule has 0 amide bonds. The first kappa shape index (κ1) is 15.5. The highest BCUT2D eigenvalue weighted by molar-refractivity contribution is 6.15. The maximum atomic E-state index is 12.9. The van der Waals surface area contributed by atoms with E-state index in [4.69, 9.17) is 4.74 Å². The lowest BCUT2D eigenvalue weighted by molar-refractivity contribution is 0.102. The van der Waals surface area contributed by atoms with Crippen molar-refractivity contribution in [3.05, 3.63) is 64.4 Å². The number of aromatic hydroxyl groups is 1. The number of hydrogen-bond acceptors (Lipinski definition) is 3. The van der Waals surface area contributed by atoms with Crippen molar-refractivity contribution in [3.8, 4) is 11.5 Å². The second kappa shape index (κ2) is 5.81. The summed E-state index contributed by atoms with van der Waals surface area (Å²) in [5.41, 5.74) is 5.61. The Morgan fingerprint density at radius 2 is 2.00 bits per heavy atom. The standard InChI is InChI=1S/C21H19NO3/c1-12-3-6-15-16-7-5-14(21(24)20(16)22-17(15)9-12)10-13-4-8-18(23)19(11-13)25-2/h3-4,6,8-11,22-23H,5,7H2,1-2H3/b14-10+. The quantitative estimate of drug-likeness (QED) is 0.683. The van der Waals surface area contributed by atoms with E-state index in [9.17, 15) is 9.90 Å². The zero-order valence-corrected chi connectivity index (χ0v) is 14.2. The molecule has 1 aliphatic carbocycles. The van der Waals surface area contributed by atoms with Gasteiger partial charge in [-0.15, -0.1) is 0 Å². The SMILES string of the molecule is COc1cc(/C=C2\CCc3c([nH]c4cc(C)ccc34)C2=O)ccc1O. The van der Waals surface area contributed by atoms with E-state index in [0.717, 1.165) is 34.0 Å². The Morgan fingerprint density at radius 3 is 2.80 bits per heavy atom. The van der Waals surface area contributed by atoms with Crippen LogP contribution in [-0.4, -0.2) is 23.0 Å². The summed E-state index contributed by atoms with van der Waals surface area (Å²) in [7, 11) is 1.51. The number of allylic oxidation sites excluding steroid dienone is 1. The summed E-state index contributed by atoms with van der Waals surface area (Å²) in [5, 5.41) is 10.8. The predicted octanol–water partition coefficient (Wildman–Crippen LogP) is 4.40. The number of aromatic nitrogens is 1. The molecule has 3 aromatic rings. The molecule has 2 N–H and O–H groups in total. The molecule has 25 heavy (non-hydrogen) atoms. The minimum Gasteiger partial charge on any atom is -0.504 e. The Morgan fingerprint density at radius 1 is 1.16 bits per heavy atom. The number of aryl methyl sites for hydroxylation is 2. The number of hydrogen-bond donors (Lipinski definition) is 2. The summed E-state index contributed by atoms with van der Waals surface area (Å²) in [5.74, 6) is 0.537. The molecule has 0 aliphatic heterocycles. The smallest absolute Gasteiger partial charge is 0.205 e. The van der Waals surface area contributed by atoms with Gasteiger partial charge in [0.2, 0.25) is 5.78 Å². The normalized spacial score (nSPS) is 15.6. The van der Waals surface area contributed by atoms with Gasteiger partial charge in [-0.1, -0.05) is 18.2 Å². The van der Waals surface area contributed by atoms with Crippen LogP contribution in [0.25, 0.3) is 17.0 Å². The number of aromatic amines is 1. The number of nitrogens with one attached hydrogen (secondary N) is 1. The number of phenolic OH excluding ortho intramolecular Hbond substituents is 1. The van der Waals surface area contributed by atoms with Gasteiger partial charge in [0.25, 0.3) is 0 Å². The highest BCUT2D eigenvalue weighted by atomic mass is 16.5. The number of benzene rings is 2. The summed E-state index contributed by atoms with van der Waals surface area (Å²) < 4.78 is 5.14. The van der Waals surface area contributed by atoms with E-state index in [1.165, 1.54) is 12.7 Å². The minimum atomic E-state index is 0.0437. The molecule has 0 fully saturated rings. The van der Waals surface area contributed by atoms with Gasteiger partial charge in [0.05, 0.1) is 12.8 Å². The molecule has 0 unspecified atom stereocenters. The third kappa shape index (κ3) is 2.60. The van der Waals surface area contributed by atoms with Crippen LogP contribution >= 0.6 is 0 Å². The van der Waals surface area contributed by atoms with Gasteiger partial charge in [-0.2, -0.15) is 0 Å². The van der Waals surface area contributed by atoms with Crippen molar-refractivity contribution >= 4 is 22.8 Å². The molecule has 2 aromatic carbocycles. The van der Waals surface area contributed by atoms with Crippen LogP contribution in [0, 0.1) is 6.92 Å². The van der Waals surface area contributed by atoms with Gasteiger partial charge < -0.3 is 14.8 Å². The van der Waals surface area contributed by atoms with Crippen LogP contribution in [0.2, 0.25) is 0 Å². The Labute approximate surface area is 145 Å². The molecule has 0 bridgehead atoms. The Hall–Kier alpha value is -3.01. The number of H-pyrrole nitrogens is 1. The van der Waals surface area contributed by atoms with Crippen molar-refractivity contribution in [1.82, 2.24) is 4.98 Å². The number of ether oxygens (including phenoxy) is 1. The number of fused-ring (bicyclic) bond motifs is 3. The summed E-state index contributed by atoms with van der Waals surface area (Å²) in [4.78, 5) is 16.2. The van der Waals surface area contributed by atoms with Gasteiger partial charge >= 0.3 is 0 Å². The molecule has 0 saturated heterocycles. The minimum absolute atomic E-state index is 0.0437. The lowest BCUT2D eigenvalue weighted by Crippen LogP contribution is -2.13. The number of rotatable bonds is 2. The monoisotopic (exact) mass is 333 g/mol. The lowest BCUT2D eigenvalue weighted by atomic mass is 9.89. The molecule has 0 atom stereocenters. The highest BCUT2D eigenvalue weighted by Gasteiger charge is 2.25. The second-order valence-electron chi connectivity index (χ2n) is 6.46. The maximum Gasteiger partial charge on any atom is 0.205 e. The lowest BCUT2D eigenvalue weighted by Gasteiger charge is -2.14. The molecule has 0 radical (unpaired) electrons. The number of Topliss-reactive ketones (excluding diaryl/α,β-unsaturated/α-hetero) is 1. The molecule has 4 nitrogen and oxygen atoms in total. The third-order valence-corrected chi connectivity index (χ3v) is 4.77. The van der Waals surface area contributed by atoms with E-state index in [0.29, 0.717) is 17.9 Å². The van der Waals surface area contributed by atoms with Gasteiger partial charge in [0, 0.05) is 16.5 Å². The highest BCUT2D eigenvalue weighted by Crippen LogP contribution is 2.33. The summed E-state index contributed by atoms with van der Waals surface area (Å²) in [6, 6.07) is 11.3. The van der Waals surface area contributed by atoms with E-state index in [1.54, 1.807) is 18.2 Å². The molecule has 4 heteroatoms. The zero-order valence-electron chi connectivity index (χ0n) is 14.2. The summed E-state index contributed by atoms with van der Waals surface area (Å²) in [6.45, 7) is 2.05. The van der Waals surface area contributed by atoms with Crippen molar-refractivity contribution < 1.29 is 14.6 Å². The topological polar surface area (TPSA) is 62.3 Å². The third-order valence-electron chi connectivity index (χ3n) is 4.77. The van der Waals surface area contributed by atoms with Crippen molar-refractivity contribution in [2.45, 2.75) is 19.8 Å². The van der Waals surface area contributed by atoms with E-state index < -0.39 is 0 Å². The number of methoxy groups -OCH3 is 1. The fourth-order valence-corrected chi connectivity index (χ4v) is 3.48. The van der Waals surface area contributed by atoms with Crippen molar-refractivity contribution in [1.29, 1.82) is 0 Å². The molecule has 0 spiro atoms. The van der Waals surface area contributed by atoms with Gasteiger partial charge in [-0.3, -0.25) is 4.79 Å². The van der Waals surface area contributed by atoms with Crippen LogP contribution in [0.1, 0.15) is 33.6 Å². The number of carbonyl (C=O) groups is 1. The first-order chi connectivity index (χ1) is 12.1. The van der Waals surface area contributed by atoms with Crippen molar-refractivity contribution in [2.75, 3.05) is 7.11 Å². The van der Waals surface area contributed by atoms with Crippen LogP contribution in [0.5, 0.6) is 11.5 Å². The molecule has 1 aromatic heterocycles. The fourth-order valence-electron chi connectivity index (χ4n) is 3.48. The van der Waals surface area contributed by atoms with E-state index in [2.05, 4.69) is 23.2 Å². The van der Waals surface area contributed by atoms with Gasteiger partial charge in [-0.05, 0) is 60.7 Å². The van der Waals surface area contributed by atoms with Crippen LogP contribution in [0.4, 0.5) is 0 Å². The van der Waals surface area contributed by atoms with Gasteiger partial charge in [0.1, 0.15) is 0 Å². The van der Waals surface area contributed by atoms with Crippen LogP contribution in [-0.2, 0) is 6.42 Å². The van der Waals surface area contributed by atoms with Crippen molar-refractivity contribution in [3.63, 3.8) is 0 Å². The van der Waals surface area contributed by atoms with Crippen LogP contribution < -0.4 is 4.74 Å². The number of carbonyl (C=O) groups excluding carboxylic acids is 1. The number of ketones is 1. The molecular formula is C21H19NO3. The predicted molar refractivity (Wildman–Crippen MR) is 98.3 cm³/mol. The fraction of sp³-hybridized carbons (Fsp3) is 0.190. The summed E-state index contributed by atoms with van der Waals surface area (Å²) >= 11 is 0. The first-order valence-corrected chi connectivity index (χ1v) is 8.30. The zero-order chi connectivity index (χ0) is 17.6. The van der Waals surface area contributed by atoms with Gasteiger partial charge in [0.15, 0.2) is 11.5 Å². The summed E-state index contributed by atoms with van der Waals surface area (Å²) in [6.07, 6.45) is 3.42. The molecule has 1 aliphatic rings. The average Bonchev–Trinajstić information content (AvgIpc) is 2.97. The maximum absolute atomic E-state index is 12.9. The Bertz CT molecular complexity index is 1030. The van der Waals surface area contributed by atoms with Gasteiger partial charge in [-0.25, -0.2) is 0 Å². The molecular weight excluding hydrogens is 314 g/mol. The number of phenols is 1. The second-order valence-corrected chi connectivity index (χ2v) is 6.46.